The van der Waals surface area contributed by atoms with Crippen molar-refractivity contribution in [3.63, 3.8) is 0 Å². The van der Waals surface area contributed by atoms with Gasteiger partial charge in [0.25, 0.3) is 0 Å². The van der Waals surface area contributed by atoms with Crippen molar-refractivity contribution in [3.05, 3.63) is 35.6 Å². The van der Waals surface area contributed by atoms with Crippen molar-refractivity contribution in [3.8, 4) is 0 Å². The van der Waals surface area contributed by atoms with Gasteiger partial charge in [-0.1, -0.05) is 44.9 Å². The molecule has 0 amide bonds. The SMILES string of the molecule is CCC(CC)C(O)C(O)c1cc2cccc(C)c2o1. The maximum atomic E-state index is 10.3. The largest absolute Gasteiger partial charge is 0.458 e. The van der Waals surface area contributed by atoms with Gasteiger partial charge in [0.15, 0.2) is 0 Å². The summed E-state index contributed by atoms with van der Waals surface area (Å²) < 4.78 is 5.71. The number of aliphatic hydroxyl groups is 2. The highest BCUT2D eigenvalue weighted by atomic mass is 16.4. The normalized spacial score (nSPS) is 15.1. The minimum atomic E-state index is -0.961. The third-order valence-electron chi connectivity index (χ3n) is 3.91. The van der Waals surface area contributed by atoms with E-state index in [0.717, 1.165) is 29.4 Å². The standard InChI is InChI=1S/C16H22O3/c1-4-11(5-2)14(17)15(18)13-9-12-8-6-7-10(3)16(12)19-13/h6-9,11,14-15,17-18H,4-5H2,1-3H3. The Bertz CT molecular complexity index is 540. The van der Waals surface area contributed by atoms with E-state index in [-0.39, 0.29) is 5.92 Å². The molecule has 0 fully saturated rings. The first kappa shape index (κ1) is 14.1. The van der Waals surface area contributed by atoms with Gasteiger partial charge in [-0.05, 0) is 24.5 Å². The van der Waals surface area contributed by atoms with E-state index < -0.39 is 12.2 Å². The Labute approximate surface area is 113 Å². The molecule has 19 heavy (non-hydrogen) atoms. The fraction of sp³-hybridized carbons (Fsp3) is 0.500. The third-order valence-corrected chi connectivity index (χ3v) is 3.91. The fourth-order valence-corrected chi connectivity index (χ4v) is 2.57. The summed E-state index contributed by atoms with van der Waals surface area (Å²) in [6, 6.07) is 7.70. The van der Waals surface area contributed by atoms with E-state index in [1.165, 1.54) is 0 Å². The van der Waals surface area contributed by atoms with Crippen LogP contribution in [0.1, 0.15) is 44.1 Å². The summed E-state index contributed by atoms with van der Waals surface area (Å²) in [6.45, 7) is 6.01. The molecule has 0 spiro atoms. The van der Waals surface area contributed by atoms with Crippen molar-refractivity contribution in [2.75, 3.05) is 0 Å². The minimum absolute atomic E-state index is 0.0873. The molecule has 0 aliphatic heterocycles. The molecule has 104 valence electrons. The lowest BCUT2D eigenvalue weighted by atomic mass is 9.92. The zero-order valence-corrected chi connectivity index (χ0v) is 11.8. The highest BCUT2D eigenvalue weighted by molar-refractivity contribution is 5.80. The number of aryl methyl sites for hydroxylation is 1. The summed E-state index contributed by atoms with van der Waals surface area (Å²) in [5, 5.41) is 21.4. The molecule has 1 aromatic heterocycles. The van der Waals surface area contributed by atoms with Crippen LogP contribution >= 0.6 is 0 Å². The molecule has 0 aliphatic rings. The van der Waals surface area contributed by atoms with Crippen LogP contribution in [0.15, 0.2) is 28.7 Å². The molecular formula is C16H22O3. The first-order valence-corrected chi connectivity index (χ1v) is 6.93. The van der Waals surface area contributed by atoms with Gasteiger partial charge in [-0.2, -0.15) is 0 Å². The van der Waals surface area contributed by atoms with Gasteiger partial charge in [-0.3, -0.25) is 0 Å². The lowest BCUT2D eigenvalue weighted by molar-refractivity contribution is -0.0304. The van der Waals surface area contributed by atoms with Gasteiger partial charge < -0.3 is 14.6 Å². The Morgan fingerprint density at radius 1 is 1.16 bits per heavy atom. The first-order valence-electron chi connectivity index (χ1n) is 6.93. The molecule has 2 N–H and O–H groups in total. The van der Waals surface area contributed by atoms with E-state index in [0.29, 0.717) is 5.76 Å². The van der Waals surface area contributed by atoms with E-state index in [9.17, 15) is 10.2 Å². The quantitative estimate of drug-likeness (QED) is 0.866. The summed E-state index contributed by atoms with van der Waals surface area (Å²) in [5.74, 6) is 0.535. The van der Waals surface area contributed by atoms with Crippen LogP contribution in [0.2, 0.25) is 0 Å². The van der Waals surface area contributed by atoms with E-state index in [2.05, 4.69) is 0 Å². The zero-order chi connectivity index (χ0) is 14.0. The molecule has 2 aromatic rings. The van der Waals surface area contributed by atoms with Crippen molar-refractivity contribution in [2.24, 2.45) is 5.92 Å². The van der Waals surface area contributed by atoms with Gasteiger partial charge >= 0.3 is 0 Å². The summed E-state index contributed by atoms with van der Waals surface area (Å²) in [6.07, 6.45) is -0.0605. The second kappa shape index (κ2) is 5.76. The number of fused-ring (bicyclic) bond motifs is 1. The molecule has 0 bridgehead atoms. The van der Waals surface area contributed by atoms with Crippen LogP contribution < -0.4 is 0 Å². The monoisotopic (exact) mass is 262 g/mol. The predicted octanol–water partition coefficient (Wildman–Crippen LogP) is 3.57. The number of hydrogen-bond acceptors (Lipinski definition) is 3. The van der Waals surface area contributed by atoms with Crippen LogP contribution in [-0.2, 0) is 0 Å². The van der Waals surface area contributed by atoms with Crippen LogP contribution in [0.3, 0.4) is 0 Å². The van der Waals surface area contributed by atoms with Crippen LogP contribution in [0, 0.1) is 12.8 Å². The maximum Gasteiger partial charge on any atom is 0.138 e. The molecule has 2 rings (SSSR count). The molecule has 2 unspecified atom stereocenters. The van der Waals surface area contributed by atoms with Crippen LogP contribution in [0.25, 0.3) is 11.0 Å². The number of rotatable bonds is 5. The van der Waals surface area contributed by atoms with Gasteiger partial charge in [-0.15, -0.1) is 0 Å². The molecular weight excluding hydrogens is 240 g/mol. The van der Waals surface area contributed by atoms with E-state index in [1.807, 2.05) is 45.0 Å². The van der Waals surface area contributed by atoms with Gasteiger partial charge in [0.2, 0.25) is 0 Å². The van der Waals surface area contributed by atoms with Crippen molar-refractivity contribution in [1.29, 1.82) is 0 Å². The van der Waals surface area contributed by atoms with Gasteiger partial charge in [0.1, 0.15) is 17.4 Å². The lowest BCUT2D eigenvalue weighted by Crippen LogP contribution is -2.26. The van der Waals surface area contributed by atoms with Crippen LogP contribution in [-0.4, -0.2) is 16.3 Å². The number of aliphatic hydroxyl groups excluding tert-OH is 2. The second-order valence-electron chi connectivity index (χ2n) is 5.15. The van der Waals surface area contributed by atoms with Gasteiger partial charge in [0, 0.05) is 5.39 Å². The predicted molar refractivity (Wildman–Crippen MR) is 76.0 cm³/mol. The lowest BCUT2D eigenvalue weighted by Gasteiger charge is -2.23. The number of benzene rings is 1. The Morgan fingerprint density at radius 3 is 2.42 bits per heavy atom. The highest BCUT2D eigenvalue weighted by Crippen LogP contribution is 2.31. The Balaban J connectivity index is 2.31. The Hall–Kier alpha value is -1.32. The molecule has 0 aliphatic carbocycles. The molecule has 2 atom stereocenters. The minimum Gasteiger partial charge on any atom is -0.458 e. The number of furan rings is 1. The fourth-order valence-electron chi connectivity index (χ4n) is 2.57. The smallest absolute Gasteiger partial charge is 0.138 e. The number of hydrogen-bond donors (Lipinski definition) is 2. The topological polar surface area (TPSA) is 53.6 Å². The molecule has 0 saturated carbocycles. The third kappa shape index (κ3) is 2.67. The summed E-state index contributed by atoms with van der Waals surface area (Å²) in [7, 11) is 0. The molecule has 0 radical (unpaired) electrons. The first-order chi connectivity index (χ1) is 9.08. The van der Waals surface area contributed by atoms with Crippen LogP contribution in [0.4, 0.5) is 0 Å². The van der Waals surface area contributed by atoms with Crippen molar-refractivity contribution in [1.82, 2.24) is 0 Å². The molecule has 3 nitrogen and oxygen atoms in total. The zero-order valence-electron chi connectivity index (χ0n) is 11.8. The van der Waals surface area contributed by atoms with Crippen LogP contribution in [0.5, 0.6) is 0 Å². The average Bonchev–Trinajstić information content (AvgIpc) is 2.84. The van der Waals surface area contributed by atoms with Crippen molar-refractivity contribution in [2.45, 2.75) is 45.8 Å². The Morgan fingerprint density at radius 2 is 1.84 bits per heavy atom. The molecule has 1 heterocycles. The Kier molecular flexibility index (Phi) is 4.27. The summed E-state index contributed by atoms with van der Waals surface area (Å²) in [5.41, 5.74) is 1.82. The maximum absolute atomic E-state index is 10.3. The van der Waals surface area contributed by atoms with Crippen molar-refractivity contribution < 1.29 is 14.6 Å². The molecule has 3 heteroatoms. The van der Waals surface area contributed by atoms with E-state index in [1.54, 1.807) is 0 Å². The second-order valence-corrected chi connectivity index (χ2v) is 5.15. The van der Waals surface area contributed by atoms with E-state index >= 15 is 0 Å². The van der Waals surface area contributed by atoms with Gasteiger partial charge in [0.05, 0.1) is 6.10 Å². The molecule has 1 aromatic carbocycles. The molecule has 0 saturated heterocycles. The highest BCUT2D eigenvalue weighted by Gasteiger charge is 2.27. The number of para-hydroxylation sites is 1. The summed E-state index contributed by atoms with van der Waals surface area (Å²) >= 11 is 0. The van der Waals surface area contributed by atoms with E-state index in [4.69, 9.17) is 4.42 Å². The average molecular weight is 262 g/mol. The van der Waals surface area contributed by atoms with Crippen molar-refractivity contribution >= 4 is 11.0 Å². The summed E-state index contributed by atoms with van der Waals surface area (Å²) in [4.78, 5) is 0. The van der Waals surface area contributed by atoms with Gasteiger partial charge in [-0.25, -0.2) is 0 Å².